The lowest BCUT2D eigenvalue weighted by Gasteiger charge is -2.21. The molecular formula is C24H20F3NO4. The van der Waals surface area contributed by atoms with Gasteiger partial charge in [0.1, 0.15) is 17.7 Å². The van der Waals surface area contributed by atoms with Crippen LogP contribution in [0.15, 0.2) is 59.2 Å². The van der Waals surface area contributed by atoms with Crippen LogP contribution in [-0.4, -0.2) is 22.7 Å². The molecule has 4 rings (SSSR count). The third kappa shape index (κ3) is 4.85. The van der Waals surface area contributed by atoms with E-state index < -0.39 is 24.3 Å². The van der Waals surface area contributed by atoms with Crippen molar-refractivity contribution >= 4 is 11.5 Å². The number of carboxylic acid groups (broad SMARTS) is 1. The average Bonchev–Trinajstić information content (AvgIpc) is 3.25. The molecule has 0 bridgehead atoms. The first kappa shape index (κ1) is 21.7. The van der Waals surface area contributed by atoms with Gasteiger partial charge in [-0.15, -0.1) is 0 Å². The van der Waals surface area contributed by atoms with Crippen LogP contribution in [0.2, 0.25) is 0 Å². The summed E-state index contributed by atoms with van der Waals surface area (Å²) in [5.74, 6) is -0.0663. The molecule has 0 radical (unpaired) electrons. The van der Waals surface area contributed by atoms with Crippen molar-refractivity contribution in [3.63, 3.8) is 0 Å². The zero-order valence-corrected chi connectivity index (χ0v) is 17.0. The Bertz CT molecular complexity index is 1160. The van der Waals surface area contributed by atoms with E-state index in [9.17, 15) is 18.0 Å². The van der Waals surface area contributed by atoms with Crippen LogP contribution in [0, 0.1) is 0 Å². The van der Waals surface area contributed by atoms with Gasteiger partial charge in [-0.1, -0.05) is 30.3 Å². The summed E-state index contributed by atoms with van der Waals surface area (Å²) < 4.78 is 49.8. The van der Waals surface area contributed by atoms with Gasteiger partial charge in [-0.2, -0.15) is 13.2 Å². The number of carbonyl (C=O) groups is 1. The monoisotopic (exact) mass is 443 g/mol. The summed E-state index contributed by atoms with van der Waals surface area (Å²) in [6.45, 7) is -0.399. The van der Waals surface area contributed by atoms with Crippen LogP contribution < -0.4 is 4.74 Å². The number of nitrogens with zero attached hydrogens (tertiary/aromatic N) is 1. The summed E-state index contributed by atoms with van der Waals surface area (Å²) in [4.78, 5) is 15.2. The molecule has 1 aliphatic rings. The zero-order chi connectivity index (χ0) is 22.7. The van der Waals surface area contributed by atoms with Gasteiger partial charge in [-0.25, -0.2) is 9.78 Å². The summed E-state index contributed by atoms with van der Waals surface area (Å²) in [5, 5.41) is 8.87. The third-order valence-electron chi connectivity index (χ3n) is 5.26. The Morgan fingerprint density at radius 1 is 1.19 bits per heavy atom. The maximum absolute atomic E-state index is 13.0. The van der Waals surface area contributed by atoms with Crippen molar-refractivity contribution in [1.82, 2.24) is 4.98 Å². The van der Waals surface area contributed by atoms with Gasteiger partial charge in [0.25, 0.3) is 0 Å². The maximum Gasteiger partial charge on any atom is 0.416 e. The van der Waals surface area contributed by atoms with E-state index in [4.69, 9.17) is 14.3 Å². The molecule has 0 aliphatic heterocycles. The SMILES string of the molecule is O=C(O)COc1cccc2c1CCC/C2=C/Cc1nc(-c2cccc(C(F)(F)F)c2)co1. The second-order valence-corrected chi connectivity index (χ2v) is 7.46. The Morgan fingerprint density at radius 2 is 2.00 bits per heavy atom. The average molecular weight is 443 g/mol. The van der Waals surface area contributed by atoms with Gasteiger partial charge in [-0.3, -0.25) is 0 Å². The van der Waals surface area contributed by atoms with E-state index in [-0.39, 0.29) is 0 Å². The van der Waals surface area contributed by atoms with Crippen LogP contribution in [0.1, 0.15) is 35.4 Å². The van der Waals surface area contributed by atoms with Crippen molar-refractivity contribution < 1.29 is 32.2 Å². The number of carboxylic acids is 1. The van der Waals surface area contributed by atoms with Crippen molar-refractivity contribution in [2.24, 2.45) is 0 Å². The van der Waals surface area contributed by atoms with E-state index in [1.54, 1.807) is 12.1 Å². The number of fused-ring (bicyclic) bond motifs is 1. The van der Waals surface area contributed by atoms with Crippen molar-refractivity contribution in [3.8, 4) is 17.0 Å². The molecule has 3 aromatic rings. The topological polar surface area (TPSA) is 72.6 Å². The number of alkyl halides is 3. The Balaban J connectivity index is 1.53. The molecule has 0 saturated carbocycles. The number of ether oxygens (including phenoxy) is 1. The number of oxazole rings is 1. The fourth-order valence-corrected chi connectivity index (χ4v) is 3.80. The first-order valence-corrected chi connectivity index (χ1v) is 10.1. The molecule has 166 valence electrons. The van der Waals surface area contributed by atoms with Gasteiger partial charge in [-0.05, 0) is 48.6 Å². The van der Waals surface area contributed by atoms with Crippen LogP contribution in [0.3, 0.4) is 0 Å². The minimum Gasteiger partial charge on any atom is -0.482 e. The predicted molar refractivity (Wildman–Crippen MR) is 111 cm³/mol. The molecule has 1 N–H and O–H groups in total. The van der Waals surface area contributed by atoms with E-state index >= 15 is 0 Å². The molecule has 1 aromatic heterocycles. The molecule has 0 saturated heterocycles. The van der Waals surface area contributed by atoms with E-state index in [2.05, 4.69) is 4.98 Å². The lowest BCUT2D eigenvalue weighted by atomic mass is 9.86. The molecule has 0 amide bonds. The number of allylic oxidation sites excluding steroid dienone is 2. The third-order valence-corrected chi connectivity index (χ3v) is 5.26. The molecule has 2 aromatic carbocycles. The summed E-state index contributed by atoms with van der Waals surface area (Å²) in [7, 11) is 0. The normalized spacial score (nSPS) is 14.9. The standard InChI is InChI=1S/C24H20F3NO4/c25-24(26,27)17-6-1-5-16(12-17)20-13-32-22(28-20)11-10-15-4-2-8-19-18(15)7-3-9-21(19)31-14-23(29)30/h1,3,5-7,9-10,12-13H,2,4,8,11,14H2,(H,29,30)/b15-10-. The summed E-state index contributed by atoms with van der Waals surface area (Å²) in [5.41, 5.74) is 3.00. The smallest absolute Gasteiger partial charge is 0.416 e. The minimum atomic E-state index is -4.42. The molecule has 0 spiro atoms. The summed E-state index contributed by atoms with van der Waals surface area (Å²) in [6, 6.07) is 10.5. The van der Waals surface area contributed by atoms with Crippen molar-refractivity contribution in [2.45, 2.75) is 31.9 Å². The molecule has 0 atom stereocenters. The van der Waals surface area contributed by atoms with Gasteiger partial charge in [0.05, 0.1) is 5.56 Å². The fraction of sp³-hybridized carbons (Fsp3) is 0.250. The first-order chi connectivity index (χ1) is 15.3. The number of hydrogen-bond donors (Lipinski definition) is 1. The van der Waals surface area contributed by atoms with E-state index in [1.165, 1.54) is 12.3 Å². The van der Waals surface area contributed by atoms with Crippen LogP contribution in [0.4, 0.5) is 13.2 Å². The van der Waals surface area contributed by atoms with Gasteiger partial charge in [0.15, 0.2) is 12.5 Å². The molecule has 5 nitrogen and oxygen atoms in total. The number of aliphatic carboxylic acids is 1. The quantitative estimate of drug-likeness (QED) is 0.522. The Kier molecular flexibility index (Phi) is 6.03. The number of rotatable bonds is 6. The number of aromatic nitrogens is 1. The van der Waals surface area contributed by atoms with E-state index in [0.717, 1.165) is 48.1 Å². The highest BCUT2D eigenvalue weighted by Crippen LogP contribution is 2.36. The largest absolute Gasteiger partial charge is 0.482 e. The van der Waals surface area contributed by atoms with Crippen LogP contribution in [-0.2, 0) is 23.8 Å². The van der Waals surface area contributed by atoms with Crippen molar-refractivity contribution in [1.29, 1.82) is 0 Å². The highest BCUT2D eigenvalue weighted by Gasteiger charge is 2.30. The van der Waals surface area contributed by atoms with Crippen LogP contribution >= 0.6 is 0 Å². The minimum absolute atomic E-state index is 0.339. The molecule has 0 unspecified atom stereocenters. The van der Waals surface area contributed by atoms with Gasteiger partial charge >= 0.3 is 12.1 Å². The fourth-order valence-electron chi connectivity index (χ4n) is 3.80. The summed E-state index contributed by atoms with van der Waals surface area (Å²) in [6.07, 6.45) is 1.84. The van der Waals surface area contributed by atoms with E-state index in [0.29, 0.717) is 29.3 Å². The van der Waals surface area contributed by atoms with Crippen LogP contribution in [0.5, 0.6) is 5.75 Å². The second kappa shape index (κ2) is 8.90. The number of benzene rings is 2. The Morgan fingerprint density at radius 3 is 2.78 bits per heavy atom. The van der Waals surface area contributed by atoms with E-state index in [1.807, 2.05) is 18.2 Å². The lowest BCUT2D eigenvalue weighted by Crippen LogP contribution is -2.12. The molecule has 32 heavy (non-hydrogen) atoms. The lowest BCUT2D eigenvalue weighted by molar-refractivity contribution is -0.139. The molecule has 8 heteroatoms. The van der Waals surface area contributed by atoms with Gasteiger partial charge in [0, 0.05) is 17.5 Å². The zero-order valence-electron chi connectivity index (χ0n) is 17.0. The van der Waals surface area contributed by atoms with Crippen molar-refractivity contribution in [3.05, 3.63) is 77.4 Å². The predicted octanol–water partition coefficient (Wildman–Crippen LogP) is 5.79. The number of hydrogen-bond acceptors (Lipinski definition) is 4. The highest BCUT2D eigenvalue weighted by molar-refractivity contribution is 5.73. The first-order valence-electron chi connectivity index (χ1n) is 10.1. The Hall–Kier alpha value is -3.55. The van der Waals surface area contributed by atoms with Gasteiger partial charge < -0.3 is 14.3 Å². The Labute approximate surface area is 182 Å². The number of halogens is 3. The summed E-state index contributed by atoms with van der Waals surface area (Å²) >= 11 is 0. The second-order valence-electron chi connectivity index (χ2n) is 7.46. The van der Waals surface area contributed by atoms with Crippen LogP contribution in [0.25, 0.3) is 16.8 Å². The molecule has 0 fully saturated rings. The van der Waals surface area contributed by atoms with Gasteiger partial charge in [0.2, 0.25) is 0 Å². The van der Waals surface area contributed by atoms with Crippen molar-refractivity contribution in [2.75, 3.05) is 6.61 Å². The molecule has 1 aliphatic carbocycles. The molecular weight excluding hydrogens is 423 g/mol. The maximum atomic E-state index is 13.0. The highest BCUT2D eigenvalue weighted by atomic mass is 19.4. The molecule has 1 heterocycles.